The lowest BCUT2D eigenvalue weighted by Crippen LogP contribution is -2.50. The van der Waals surface area contributed by atoms with Crippen molar-refractivity contribution in [1.29, 1.82) is 0 Å². The van der Waals surface area contributed by atoms with Crippen LogP contribution in [0.5, 0.6) is 0 Å². The van der Waals surface area contributed by atoms with Gasteiger partial charge in [0, 0.05) is 39.1 Å². The molecule has 0 N–H and O–H groups in total. The number of hydrogen-bond acceptors (Lipinski definition) is 6. The number of carbonyl (C=O) groups is 1. The van der Waals surface area contributed by atoms with E-state index in [0.717, 1.165) is 24.6 Å². The second-order valence-corrected chi connectivity index (χ2v) is 5.55. The van der Waals surface area contributed by atoms with Gasteiger partial charge in [0.1, 0.15) is 6.33 Å². The molecule has 1 fully saturated rings. The Bertz CT molecular complexity index is 658. The van der Waals surface area contributed by atoms with Crippen LogP contribution in [0.4, 0.5) is 5.82 Å². The number of fused-ring (bicyclic) bond motifs is 1. The number of rotatable bonds is 2. The Balaban J connectivity index is 1.79. The minimum atomic E-state index is 0.0438. The van der Waals surface area contributed by atoms with Gasteiger partial charge in [-0.05, 0) is 0 Å². The topological polar surface area (TPSA) is 80.0 Å². The molecule has 0 atom stereocenters. The molecule has 1 amide bonds. The minimum absolute atomic E-state index is 0.0438. The number of nitrogens with zero attached hydrogens (tertiary/aromatic N) is 7. The fourth-order valence-electron chi connectivity index (χ4n) is 2.58. The number of carbonyl (C=O) groups excluding carboxylic acids is 1. The largest absolute Gasteiger partial charge is 0.351 e. The molecule has 21 heavy (non-hydrogen) atoms. The smallest absolute Gasteiger partial charge is 0.225 e. The zero-order valence-corrected chi connectivity index (χ0v) is 12.5. The molecule has 1 aliphatic heterocycles. The van der Waals surface area contributed by atoms with E-state index < -0.39 is 0 Å². The van der Waals surface area contributed by atoms with Gasteiger partial charge in [-0.25, -0.2) is 14.6 Å². The molecule has 2 aromatic rings. The first-order valence-corrected chi connectivity index (χ1v) is 7.12. The summed E-state index contributed by atoms with van der Waals surface area (Å²) in [6.45, 7) is 6.79. The van der Waals surface area contributed by atoms with Crippen molar-refractivity contribution in [1.82, 2.24) is 29.9 Å². The predicted octanol–water partition coefficient (Wildman–Crippen LogP) is 0.0629. The van der Waals surface area contributed by atoms with Gasteiger partial charge in [-0.3, -0.25) is 4.79 Å². The standard InChI is InChI=1S/C13H19N7O/c1-9(2)13(21)20-6-4-19(5-7-20)12-10-11(14-8-15-12)18(3)17-16-10/h8-9H,4-7H2,1-3H3. The summed E-state index contributed by atoms with van der Waals surface area (Å²) >= 11 is 0. The molecule has 0 saturated carbocycles. The zero-order chi connectivity index (χ0) is 15.0. The van der Waals surface area contributed by atoms with E-state index in [1.807, 2.05) is 25.8 Å². The molecule has 0 aliphatic carbocycles. The highest BCUT2D eigenvalue weighted by Crippen LogP contribution is 2.21. The molecule has 0 spiro atoms. The van der Waals surface area contributed by atoms with Crippen LogP contribution in [0.2, 0.25) is 0 Å². The number of piperazine rings is 1. The van der Waals surface area contributed by atoms with E-state index in [1.165, 1.54) is 6.33 Å². The maximum atomic E-state index is 12.0. The first-order valence-electron chi connectivity index (χ1n) is 7.12. The van der Waals surface area contributed by atoms with E-state index in [4.69, 9.17) is 0 Å². The van der Waals surface area contributed by atoms with E-state index in [1.54, 1.807) is 4.68 Å². The van der Waals surface area contributed by atoms with Crippen LogP contribution >= 0.6 is 0 Å². The predicted molar refractivity (Wildman–Crippen MR) is 77.7 cm³/mol. The summed E-state index contributed by atoms with van der Waals surface area (Å²) < 4.78 is 1.64. The van der Waals surface area contributed by atoms with Crippen LogP contribution in [-0.2, 0) is 11.8 Å². The highest BCUT2D eigenvalue weighted by Gasteiger charge is 2.25. The monoisotopic (exact) mass is 289 g/mol. The van der Waals surface area contributed by atoms with E-state index >= 15 is 0 Å². The summed E-state index contributed by atoms with van der Waals surface area (Å²) in [6.07, 6.45) is 1.53. The van der Waals surface area contributed by atoms with E-state index in [-0.39, 0.29) is 11.8 Å². The van der Waals surface area contributed by atoms with Gasteiger partial charge >= 0.3 is 0 Å². The van der Waals surface area contributed by atoms with Crippen molar-refractivity contribution in [2.75, 3.05) is 31.1 Å². The molecule has 2 aromatic heterocycles. The molecule has 0 unspecified atom stereocenters. The van der Waals surface area contributed by atoms with Crippen LogP contribution in [0.15, 0.2) is 6.33 Å². The normalized spacial score (nSPS) is 16.0. The minimum Gasteiger partial charge on any atom is -0.351 e. The van der Waals surface area contributed by atoms with Gasteiger partial charge in [0.25, 0.3) is 0 Å². The maximum Gasteiger partial charge on any atom is 0.225 e. The number of anilines is 1. The van der Waals surface area contributed by atoms with Gasteiger partial charge in [0.15, 0.2) is 17.0 Å². The second kappa shape index (κ2) is 5.27. The quantitative estimate of drug-likeness (QED) is 0.778. The van der Waals surface area contributed by atoms with Gasteiger partial charge in [-0.15, -0.1) is 5.10 Å². The summed E-state index contributed by atoms with van der Waals surface area (Å²) in [7, 11) is 1.81. The first kappa shape index (κ1) is 13.7. The zero-order valence-electron chi connectivity index (χ0n) is 12.5. The molecule has 8 nitrogen and oxygen atoms in total. The lowest BCUT2D eigenvalue weighted by Gasteiger charge is -2.36. The van der Waals surface area contributed by atoms with Crippen LogP contribution in [0, 0.1) is 5.92 Å². The van der Waals surface area contributed by atoms with Crippen molar-refractivity contribution < 1.29 is 4.79 Å². The van der Waals surface area contributed by atoms with Crippen LogP contribution < -0.4 is 4.90 Å². The van der Waals surface area contributed by atoms with Crippen molar-refractivity contribution in [3.63, 3.8) is 0 Å². The third kappa shape index (κ3) is 2.41. The van der Waals surface area contributed by atoms with Crippen LogP contribution in [0.1, 0.15) is 13.8 Å². The average molecular weight is 289 g/mol. The number of amides is 1. The Labute approximate surface area is 122 Å². The lowest BCUT2D eigenvalue weighted by molar-refractivity contribution is -0.134. The number of aromatic nitrogens is 5. The Kier molecular flexibility index (Phi) is 3.44. The number of hydrogen-bond donors (Lipinski definition) is 0. The first-order chi connectivity index (χ1) is 10.1. The third-order valence-corrected chi connectivity index (χ3v) is 3.75. The molecule has 112 valence electrons. The van der Waals surface area contributed by atoms with Gasteiger partial charge in [-0.1, -0.05) is 19.1 Å². The van der Waals surface area contributed by atoms with Crippen LogP contribution in [-0.4, -0.2) is 61.9 Å². The molecule has 0 aromatic carbocycles. The van der Waals surface area contributed by atoms with Crippen molar-refractivity contribution in [3.05, 3.63) is 6.33 Å². The molecular weight excluding hydrogens is 270 g/mol. The molecule has 1 aliphatic rings. The van der Waals surface area contributed by atoms with Gasteiger partial charge < -0.3 is 9.80 Å². The fraction of sp³-hybridized carbons (Fsp3) is 0.615. The Morgan fingerprint density at radius 3 is 2.57 bits per heavy atom. The maximum absolute atomic E-state index is 12.0. The molecule has 8 heteroatoms. The summed E-state index contributed by atoms with van der Waals surface area (Å²) in [5.74, 6) is 1.05. The molecule has 0 radical (unpaired) electrons. The van der Waals surface area contributed by atoms with Crippen molar-refractivity contribution >= 4 is 22.9 Å². The SMILES string of the molecule is CC(C)C(=O)N1CCN(c2ncnc3c2nnn3C)CC1. The van der Waals surface area contributed by atoms with E-state index in [2.05, 4.69) is 25.2 Å². The van der Waals surface area contributed by atoms with Crippen LogP contribution in [0.25, 0.3) is 11.2 Å². The molecule has 1 saturated heterocycles. The van der Waals surface area contributed by atoms with E-state index in [0.29, 0.717) is 18.6 Å². The molecule has 3 rings (SSSR count). The molecule has 3 heterocycles. The average Bonchev–Trinajstić information content (AvgIpc) is 2.88. The van der Waals surface area contributed by atoms with Crippen molar-refractivity contribution in [3.8, 4) is 0 Å². The Hall–Kier alpha value is -2.25. The summed E-state index contributed by atoms with van der Waals surface area (Å²) in [5.41, 5.74) is 1.43. The Morgan fingerprint density at radius 1 is 1.19 bits per heavy atom. The highest BCUT2D eigenvalue weighted by atomic mass is 16.2. The van der Waals surface area contributed by atoms with Gasteiger partial charge in [0.2, 0.25) is 5.91 Å². The second-order valence-electron chi connectivity index (χ2n) is 5.55. The van der Waals surface area contributed by atoms with Crippen molar-refractivity contribution in [2.45, 2.75) is 13.8 Å². The summed E-state index contributed by atoms with van der Waals surface area (Å²) in [6, 6.07) is 0. The molecule has 0 bridgehead atoms. The summed E-state index contributed by atoms with van der Waals surface area (Å²) in [4.78, 5) is 24.6. The van der Waals surface area contributed by atoms with Gasteiger partial charge in [-0.2, -0.15) is 0 Å². The Morgan fingerprint density at radius 2 is 1.90 bits per heavy atom. The lowest BCUT2D eigenvalue weighted by atomic mass is 10.1. The van der Waals surface area contributed by atoms with E-state index in [9.17, 15) is 4.79 Å². The highest BCUT2D eigenvalue weighted by molar-refractivity contribution is 5.83. The fourth-order valence-corrected chi connectivity index (χ4v) is 2.58. The molecular formula is C13H19N7O. The van der Waals surface area contributed by atoms with Gasteiger partial charge in [0.05, 0.1) is 0 Å². The summed E-state index contributed by atoms with van der Waals surface area (Å²) in [5, 5.41) is 8.13. The van der Waals surface area contributed by atoms with Crippen molar-refractivity contribution in [2.24, 2.45) is 13.0 Å². The van der Waals surface area contributed by atoms with Crippen LogP contribution in [0.3, 0.4) is 0 Å². The number of aryl methyl sites for hydroxylation is 1. The third-order valence-electron chi connectivity index (χ3n) is 3.75.